The van der Waals surface area contributed by atoms with E-state index in [1.807, 2.05) is 68.4 Å². The van der Waals surface area contributed by atoms with Gasteiger partial charge in [0.15, 0.2) is 0 Å². The van der Waals surface area contributed by atoms with Gasteiger partial charge in [0, 0.05) is 42.0 Å². The second-order valence-electron chi connectivity index (χ2n) is 13.9. The van der Waals surface area contributed by atoms with Gasteiger partial charge in [0.1, 0.15) is 34.8 Å². The minimum Gasteiger partial charge on any atom is -0.497 e. The topological polar surface area (TPSA) is 156 Å². The number of carbonyl (C=O) groups excluding carboxylic acids is 3. The quantitative estimate of drug-likeness (QED) is 0.260. The van der Waals surface area contributed by atoms with E-state index >= 15 is 0 Å². The Hall–Kier alpha value is -4.87. The van der Waals surface area contributed by atoms with Crippen LogP contribution in [-0.4, -0.2) is 81.8 Å². The van der Waals surface area contributed by atoms with E-state index in [1.165, 1.54) is 0 Å². The fraction of sp³-hybridized carbons (Fsp3) is 0.472. The van der Waals surface area contributed by atoms with Crippen molar-refractivity contribution in [2.45, 2.75) is 89.6 Å². The predicted molar refractivity (Wildman–Crippen MR) is 179 cm³/mol. The molecule has 0 unspecified atom stereocenters. The van der Waals surface area contributed by atoms with E-state index in [0.29, 0.717) is 42.0 Å². The van der Waals surface area contributed by atoms with Crippen LogP contribution in [0, 0.1) is 5.92 Å². The molecule has 3 N–H and O–H groups in total. The van der Waals surface area contributed by atoms with Crippen molar-refractivity contribution in [2.75, 3.05) is 13.7 Å². The van der Waals surface area contributed by atoms with Gasteiger partial charge in [0.05, 0.1) is 24.9 Å². The Balaban J connectivity index is 1.44. The number of nitrogens with zero attached hydrogens (tertiary/aromatic N) is 2. The van der Waals surface area contributed by atoms with Crippen molar-refractivity contribution in [2.24, 2.45) is 5.92 Å². The molecule has 1 saturated carbocycles. The Morgan fingerprint density at radius 1 is 1.06 bits per heavy atom. The van der Waals surface area contributed by atoms with E-state index in [0.717, 1.165) is 10.9 Å². The van der Waals surface area contributed by atoms with Gasteiger partial charge in [-0.15, -0.1) is 0 Å². The van der Waals surface area contributed by atoms with Crippen LogP contribution in [0.25, 0.3) is 22.2 Å². The first-order valence-corrected chi connectivity index (χ1v) is 16.2. The molecule has 48 heavy (non-hydrogen) atoms. The van der Waals surface area contributed by atoms with Crippen molar-refractivity contribution in [3.05, 3.63) is 54.6 Å². The fourth-order valence-corrected chi connectivity index (χ4v) is 5.94. The molecule has 12 heteroatoms. The number of benzene rings is 2. The van der Waals surface area contributed by atoms with Crippen LogP contribution in [0.1, 0.15) is 60.3 Å². The highest BCUT2D eigenvalue weighted by atomic mass is 16.6. The number of pyridine rings is 1. The lowest BCUT2D eigenvalue weighted by Gasteiger charge is -2.31. The van der Waals surface area contributed by atoms with Gasteiger partial charge in [-0.05, 0) is 51.7 Å². The molecule has 0 bridgehead atoms. The summed E-state index contributed by atoms with van der Waals surface area (Å²) in [6.45, 7) is 8.99. The van der Waals surface area contributed by atoms with Crippen LogP contribution in [-0.2, 0) is 19.1 Å². The summed E-state index contributed by atoms with van der Waals surface area (Å²) in [4.78, 5) is 58.3. The third kappa shape index (κ3) is 7.98. The number of fused-ring (bicyclic) bond motifs is 1. The lowest BCUT2D eigenvalue weighted by molar-refractivity contribution is -0.143. The minimum absolute atomic E-state index is 0.124. The number of nitrogens with one attached hydrogen (secondary N) is 2. The van der Waals surface area contributed by atoms with Gasteiger partial charge in [-0.25, -0.2) is 14.6 Å². The number of amides is 3. The number of aromatic nitrogens is 1. The second-order valence-corrected chi connectivity index (χ2v) is 13.9. The average Bonchev–Trinajstić information content (AvgIpc) is 3.71. The second kappa shape index (κ2) is 13.7. The first-order chi connectivity index (χ1) is 22.7. The van der Waals surface area contributed by atoms with E-state index in [9.17, 15) is 24.3 Å². The maximum absolute atomic E-state index is 14.2. The molecule has 0 radical (unpaired) electrons. The van der Waals surface area contributed by atoms with Crippen LogP contribution in [0.5, 0.6) is 11.5 Å². The molecule has 1 saturated heterocycles. The number of carboxylic acids is 1. The largest absolute Gasteiger partial charge is 0.497 e. The van der Waals surface area contributed by atoms with Gasteiger partial charge in [0.25, 0.3) is 0 Å². The average molecular weight is 661 g/mol. The zero-order valence-electron chi connectivity index (χ0n) is 28.2. The molecule has 1 aliphatic heterocycles. The van der Waals surface area contributed by atoms with Gasteiger partial charge in [-0.2, -0.15) is 0 Å². The number of hydrogen-bond acceptors (Lipinski definition) is 8. The van der Waals surface area contributed by atoms with Crippen molar-refractivity contribution in [1.29, 1.82) is 0 Å². The summed E-state index contributed by atoms with van der Waals surface area (Å²) in [6.07, 6.45) is -0.358. The number of likely N-dealkylation sites (tertiary alicyclic amines) is 1. The number of alkyl carbamates (subject to hydrolysis) is 1. The Kier molecular flexibility index (Phi) is 9.84. The normalized spacial score (nSPS) is 19.0. The molecule has 1 aromatic heterocycles. The van der Waals surface area contributed by atoms with Gasteiger partial charge in [-0.3, -0.25) is 9.59 Å². The molecule has 12 nitrogen and oxygen atoms in total. The van der Waals surface area contributed by atoms with Crippen LogP contribution in [0.4, 0.5) is 4.79 Å². The predicted octanol–water partition coefficient (Wildman–Crippen LogP) is 4.93. The lowest BCUT2D eigenvalue weighted by Crippen LogP contribution is -2.54. The molecule has 5 rings (SSSR count). The maximum Gasteiger partial charge on any atom is 0.408 e. The third-order valence-corrected chi connectivity index (χ3v) is 8.57. The number of methoxy groups -OCH3 is 1. The maximum atomic E-state index is 14.2. The molecule has 256 valence electrons. The van der Waals surface area contributed by atoms with Crippen LogP contribution in [0.3, 0.4) is 0 Å². The first-order valence-electron chi connectivity index (χ1n) is 16.2. The molecule has 2 aliphatic rings. The van der Waals surface area contributed by atoms with E-state index in [2.05, 4.69) is 10.6 Å². The Bertz CT molecular complexity index is 1680. The number of aliphatic carboxylic acids is 1. The highest BCUT2D eigenvalue weighted by Gasteiger charge is 2.52. The molecule has 0 spiro atoms. The van der Waals surface area contributed by atoms with Crippen LogP contribution in [0.2, 0.25) is 0 Å². The van der Waals surface area contributed by atoms with Crippen molar-refractivity contribution < 1.29 is 38.5 Å². The molecule has 3 amide bonds. The van der Waals surface area contributed by atoms with E-state index < -0.39 is 47.3 Å². The molecular formula is C36H44N4O8. The molecule has 2 heterocycles. The van der Waals surface area contributed by atoms with Crippen LogP contribution in [0.15, 0.2) is 54.6 Å². The number of carboxylic acid groups (broad SMARTS) is 1. The summed E-state index contributed by atoms with van der Waals surface area (Å²) >= 11 is 0. The number of ether oxygens (including phenoxy) is 3. The van der Waals surface area contributed by atoms with Gasteiger partial charge >= 0.3 is 12.1 Å². The van der Waals surface area contributed by atoms with Crippen molar-refractivity contribution >= 4 is 34.8 Å². The Morgan fingerprint density at radius 2 is 1.77 bits per heavy atom. The zero-order chi connectivity index (χ0) is 34.8. The third-order valence-electron chi connectivity index (χ3n) is 8.57. The fourth-order valence-electron chi connectivity index (χ4n) is 5.94. The molecule has 1 aliphatic carbocycles. The summed E-state index contributed by atoms with van der Waals surface area (Å²) in [5.74, 6) is -1.02. The zero-order valence-corrected chi connectivity index (χ0v) is 28.2. The van der Waals surface area contributed by atoms with E-state index in [1.54, 1.807) is 32.8 Å². The van der Waals surface area contributed by atoms with Crippen LogP contribution >= 0.6 is 0 Å². The standard InChI is InChI=1S/C36H44N4O8/c1-21(2)31(38-34(45)48-35(3,4)5)32(42)40-20-25(16-23(40)17-30(41)39-36(14-15-36)33(43)44)47-29-19-27(22-10-8-7-9-11-22)37-28-18-24(46-6)12-13-26(28)29/h7-13,18-19,21,23,25,31H,14-17,20H2,1-6H3,(H,38,45)(H,39,41)(H,43,44)/t23-,25+,31-/m0/s1. The van der Waals surface area contributed by atoms with Gasteiger partial charge < -0.3 is 34.9 Å². The summed E-state index contributed by atoms with van der Waals surface area (Å²) in [6, 6.07) is 15.5. The monoisotopic (exact) mass is 660 g/mol. The summed E-state index contributed by atoms with van der Waals surface area (Å²) in [5.41, 5.74) is 0.228. The number of hydrogen-bond donors (Lipinski definition) is 3. The highest BCUT2D eigenvalue weighted by molar-refractivity contribution is 5.91. The Morgan fingerprint density at radius 3 is 2.38 bits per heavy atom. The summed E-state index contributed by atoms with van der Waals surface area (Å²) in [7, 11) is 1.59. The van der Waals surface area contributed by atoms with Gasteiger partial charge in [-0.1, -0.05) is 44.2 Å². The van der Waals surface area contributed by atoms with Gasteiger partial charge in [0.2, 0.25) is 11.8 Å². The minimum atomic E-state index is -1.26. The van der Waals surface area contributed by atoms with Crippen molar-refractivity contribution in [1.82, 2.24) is 20.5 Å². The molecular weight excluding hydrogens is 616 g/mol. The summed E-state index contributed by atoms with van der Waals surface area (Å²) < 4.78 is 17.5. The molecule has 2 aromatic carbocycles. The number of carbonyl (C=O) groups is 4. The molecule has 2 fully saturated rings. The molecule has 3 atom stereocenters. The lowest BCUT2D eigenvalue weighted by atomic mass is 10.0. The van der Waals surface area contributed by atoms with Crippen LogP contribution < -0.4 is 20.1 Å². The van der Waals surface area contributed by atoms with Crippen molar-refractivity contribution in [3.63, 3.8) is 0 Å². The first kappa shape index (κ1) is 34.5. The number of rotatable bonds is 11. The van der Waals surface area contributed by atoms with Crippen molar-refractivity contribution in [3.8, 4) is 22.8 Å². The summed E-state index contributed by atoms with van der Waals surface area (Å²) in [5, 5.41) is 15.7. The SMILES string of the molecule is COc1ccc2c(O[C@@H]3C[C@@H](CC(=O)NC4(C(=O)O)CC4)N(C(=O)[C@@H](NC(=O)OC(C)(C)C)C(C)C)C3)cc(-c3ccccc3)nc2c1. The smallest absolute Gasteiger partial charge is 0.408 e. The Labute approximate surface area is 280 Å². The van der Waals surface area contributed by atoms with E-state index in [4.69, 9.17) is 19.2 Å². The molecule has 3 aromatic rings. The highest BCUT2D eigenvalue weighted by Crippen LogP contribution is 2.37. The van der Waals surface area contributed by atoms with E-state index in [-0.39, 0.29) is 24.8 Å².